The van der Waals surface area contributed by atoms with Gasteiger partial charge in [-0.1, -0.05) is 11.6 Å². The summed E-state index contributed by atoms with van der Waals surface area (Å²) in [6.07, 6.45) is -1.27. The van der Waals surface area contributed by atoms with Crippen LogP contribution in [0.2, 0.25) is 5.02 Å². The van der Waals surface area contributed by atoms with Crippen LogP contribution < -0.4 is 5.32 Å². The summed E-state index contributed by atoms with van der Waals surface area (Å²) < 4.78 is 37.4. The van der Waals surface area contributed by atoms with Gasteiger partial charge in [-0.3, -0.25) is 4.79 Å². The summed E-state index contributed by atoms with van der Waals surface area (Å²) in [6.45, 7) is 2.96. The molecule has 1 heterocycles. The molecule has 8 heteroatoms. The van der Waals surface area contributed by atoms with E-state index in [-0.39, 0.29) is 11.4 Å². The van der Waals surface area contributed by atoms with E-state index in [1.165, 1.54) is 6.92 Å². The van der Waals surface area contributed by atoms with Gasteiger partial charge in [0, 0.05) is 22.0 Å². The van der Waals surface area contributed by atoms with Crippen molar-refractivity contribution in [3.05, 3.63) is 64.4 Å². The Morgan fingerprint density at radius 1 is 1.19 bits per heavy atom. The normalized spacial score (nSPS) is 12.0. The average molecular weight is 394 g/mol. The highest BCUT2D eigenvalue weighted by Gasteiger charge is 2.25. The number of hydrogen-bond donors (Lipinski definition) is 1. The van der Waals surface area contributed by atoms with Crippen molar-refractivity contribution in [3.8, 4) is 0 Å². The van der Waals surface area contributed by atoms with Crippen LogP contribution >= 0.6 is 11.6 Å². The lowest BCUT2D eigenvalue weighted by Gasteiger charge is -2.13. The van der Waals surface area contributed by atoms with Gasteiger partial charge >= 0.3 is 5.97 Å². The van der Waals surface area contributed by atoms with Crippen LogP contribution in [0.3, 0.4) is 0 Å². The van der Waals surface area contributed by atoms with Gasteiger partial charge in [-0.05, 0) is 44.2 Å². The van der Waals surface area contributed by atoms with Crippen LogP contribution in [0.5, 0.6) is 0 Å². The fourth-order valence-corrected chi connectivity index (χ4v) is 2.66. The molecule has 0 saturated carbocycles. The Balaban J connectivity index is 1.74. The summed E-state index contributed by atoms with van der Waals surface area (Å²) in [5.41, 5.74) is 0.613. The second kappa shape index (κ2) is 7.36. The lowest BCUT2D eigenvalue weighted by Crippen LogP contribution is -2.30. The van der Waals surface area contributed by atoms with Crippen LogP contribution in [0.1, 0.15) is 23.0 Å². The minimum Gasteiger partial charge on any atom is -0.449 e. The molecule has 140 valence electrons. The third kappa shape index (κ3) is 3.93. The molecular formula is C19H14ClF2NO4. The second-order valence-electron chi connectivity index (χ2n) is 5.86. The summed E-state index contributed by atoms with van der Waals surface area (Å²) in [7, 11) is 0. The van der Waals surface area contributed by atoms with Gasteiger partial charge in [0.05, 0.1) is 5.69 Å². The number of amides is 1. The van der Waals surface area contributed by atoms with E-state index in [9.17, 15) is 18.4 Å². The number of carbonyl (C=O) groups is 2. The summed E-state index contributed by atoms with van der Waals surface area (Å²) in [4.78, 5) is 24.5. The standard InChI is InChI=1S/C19H14ClF2NO4/c1-9-13-7-11(20)3-6-16(13)27-17(9)19(25)26-10(2)18(24)23-15-8-12(21)4-5-14(15)22/h3-8,10H,1-2H3,(H,23,24)/t10-/m0/s1. The summed E-state index contributed by atoms with van der Waals surface area (Å²) in [5.74, 6) is -3.27. The maximum Gasteiger partial charge on any atom is 0.375 e. The van der Waals surface area contributed by atoms with Crippen molar-refractivity contribution in [2.24, 2.45) is 0 Å². The number of anilines is 1. The first-order valence-corrected chi connectivity index (χ1v) is 8.29. The first-order valence-electron chi connectivity index (χ1n) is 7.92. The van der Waals surface area contributed by atoms with E-state index in [0.717, 1.165) is 18.2 Å². The van der Waals surface area contributed by atoms with Crippen molar-refractivity contribution in [2.75, 3.05) is 5.32 Å². The number of nitrogens with one attached hydrogen (secondary N) is 1. The molecule has 1 aromatic heterocycles. The predicted octanol–water partition coefficient (Wildman–Crippen LogP) is 4.86. The Labute approximate surface area is 157 Å². The summed E-state index contributed by atoms with van der Waals surface area (Å²) in [5, 5.41) is 3.31. The van der Waals surface area contributed by atoms with Crippen LogP contribution in [-0.4, -0.2) is 18.0 Å². The van der Waals surface area contributed by atoms with Gasteiger partial charge in [-0.15, -0.1) is 0 Å². The highest BCUT2D eigenvalue weighted by Crippen LogP contribution is 2.28. The number of rotatable bonds is 4. The molecule has 0 spiro atoms. The Bertz CT molecular complexity index is 1050. The highest BCUT2D eigenvalue weighted by atomic mass is 35.5. The Hall–Kier alpha value is -2.93. The van der Waals surface area contributed by atoms with E-state index in [4.69, 9.17) is 20.8 Å². The molecule has 3 rings (SSSR count). The minimum absolute atomic E-state index is 0.0659. The zero-order valence-corrected chi connectivity index (χ0v) is 15.1. The summed E-state index contributed by atoms with van der Waals surface area (Å²) in [6, 6.07) is 7.51. The molecule has 0 aliphatic rings. The van der Waals surface area contributed by atoms with Crippen LogP contribution in [0.4, 0.5) is 14.5 Å². The molecule has 2 aromatic carbocycles. The third-order valence-electron chi connectivity index (χ3n) is 3.92. The van der Waals surface area contributed by atoms with Crippen LogP contribution in [0.15, 0.2) is 40.8 Å². The molecule has 0 aliphatic carbocycles. The monoisotopic (exact) mass is 393 g/mol. The van der Waals surface area contributed by atoms with Gasteiger partial charge in [0.25, 0.3) is 5.91 Å². The molecule has 1 amide bonds. The highest BCUT2D eigenvalue weighted by molar-refractivity contribution is 6.31. The summed E-state index contributed by atoms with van der Waals surface area (Å²) >= 11 is 5.94. The molecule has 1 atom stereocenters. The van der Waals surface area contributed by atoms with E-state index >= 15 is 0 Å². The zero-order valence-electron chi connectivity index (χ0n) is 14.3. The number of benzene rings is 2. The van der Waals surface area contributed by atoms with Crippen molar-refractivity contribution in [1.29, 1.82) is 0 Å². The maximum atomic E-state index is 13.6. The Kier molecular flexibility index (Phi) is 5.14. The Morgan fingerprint density at radius 3 is 2.67 bits per heavy atom. The molecule has 0 fully saturated rings. The second-order valence-corrected chi connectivity index (χ2v) is 6.29. The van der Waals surface area contributed by atoms with Gasteiger partial charge < -0.3 is 14.5 Å². The van der Waals surface area contributed by atoms with Gasteiger partial charge in [-0.2, -0.15) is 0 Å². The molecule has 0 radical (unpaired) electrons. The lowest BCUT2D eigenvalue weighted by atomic mass is 10.1. The van der Waals surface area contributed by atoms with Crippen LogP contribution in [-0.2, 0) is 9.53 Å². The number of ether oxygens (including phenoxy) is 1. The maximum absolute atomic E-state index is 13.6. The molecule has 27 heavy (non-hydrogen) atoms. The molecule has 0 unspecified atom stereocenters. The van der Waals surface area contributed by atoms with Crippen LogP contribution in [0, 0.1) is 18.6 Å². The van der Waals surface area contributed by atoms with E-state index in [2.05, 4.69) is 5.32 Å². The van der Waals surface area contributed by atoms with Crippen molar-refractivity contribution >= 4 is 40.1 Å². The molecule has 0 bridgehead atoms. The van der Waals surface area contributed by atoms with E-state index < -0.39 is 29.6 Å². The fourth-order valence-electron chi connectivity index (χ4n) is 2.48. The van der Waals surface area contributed by atoms with Crippen LogP contribution in [0.25, 0.3) is 11.0 Å². The number of furan rings is 1. The fraction of sp³-hybridized carbons (Fsp3) is 0.158. The first-order chi connectivity index (χ1) is 12.8. The SMILES string of the molecule is Cc1c(C(=O)O[C@@H](C)C(=O)Nc2cc(F)ccc2F)oc2ccc(Cl)cc12. The number of carbonyl (C=O) groups excluding carboxylic acids is 2. The topological polar surface area (TPSA) is 68.5 Å². The lowest BCUT2D eigenvalue weighted by molar-refractivity contribution is -0.123. The minimum atomic E-state index is -1.27. The predicted molar refractivity (Wildman–Crippen MR) is 95.8 cm³/mol. The quantitative estimate of drug-likeness (QED) is 0.643. The van der Waals surface area contributed by atoms with Gasteiger partial charge in [-0.25, -0.2) is 13.6 Å². The van der Waals surface area contributed by atoms with Crippen molar-refractivity contribution in [3.63, 3.8) is 0 Å². The molecule has 0 aliphatic heterocycles. The molecule has 3 aromatic rings. The van der Waals surface area contributed by atoms with E-state index in [1.54, 1.807) is 25.1 Å². The number of halogens is 3. The molecular weight excluding hydrogens is 380 g/mol. The zero-order chi connectivity index (χ0) is 19.7. The average Bonchev–Trinajstić information content (AvgIpc) is 2.94. The number of esters is 1. The number of hydrogen-bond acceptors (Lipinski definition) is 4. The molecule has 1 N–H and O–H groups in total. The molecule has 0 saturated heterocycles. The Morgan fingerprint density at radius 2 is 1.93 bits per heavy atom. The molecule has 5 nitrogen and oxygen atoms in total. The van der Waals surface area contributed by atoms with Crippen molar-refractivity contribution < 1.29 is 27.5 Å². The van der Waals surface area contributed by atoms with Crippen molar-refractivity contribution in [2.45, 2.75) is 20.0 Å². The van der Waals surface area contributed by atoms with Gasteiger partial charge in [0.2, 0.25) is 5.76 Å². The van der Waals surface area contributed by atoms with E-state index in [1.807, 2.05) is 0 Å². The number of aryl methyl sites for hydroxylation is 1. The third-order valence-corrected chi connectivity index (χ3v) is 4.16. The number of fused-ring (bicyclic) bond motifs is 1. The first kappa shape index (κ1) is 18.8. The van der Waals surface area contributed by atoms with Crippen molar-refractivity contribution in [1.82, 2.24) is 0 Å². The smallest absolute Gasteiger partial charge is 0.375 e. The van der Waals surface area contributed by atoms with Gasteiger partial charge in [0.1, 0.15) is 17.2 Å². The largest absolute Gasteiger partial charge is 0.449 e. The van der Waals surface area contributed by atoms with E-state index in [0.29, 0.717) is 21.6 Å². The van der Waals surface area contributed by atoms with Gasteiger partial charge in [0.15, 0.2) is 6.10 Å².